The van der Waals surface area contributed by atoms with E-state index in [0.717, 1.165) is 17.4 Å². The smallest absolute Gasteiger partial charge is 0.0746 e. The summed E-state index contributed by atoms with van der Waals surface area (Å²) in [5, 5.41) is 3.56. The van der Waals surface area contributed by atoms with Crippen molar-refractivity contribution in [3.63, 3.8) is 0 Å². The van der Waals surface area contributed by atoms with Crippen molar-refractivity contribution in [3.05, 3.63) is 34.3 Å². The third-order valence-electron chi connectivity index (χ3n) is 3.01. The van der Waals surface area contributed by atoms with Crippen molar-refractivity contribution in [2.75, 3.05) is 13.7 Å². The van der Waals surface area contributed by atoms with E-state index in [4.69, 9.17) is 4.74 Å². The summed E-state index contributed by atoms with van der Waals surface area (Å²) < 4.78 is 6.54. The molecule has 3 heteroatoms. The summed E-state index contributed by atoms with van der Waals surface area (Å²) in [7, 11) is 1.75. The van der Waals surface area contributed by atoms with E-state index >= 15 is 0 Å². The lowest BCUT2D eigenvalue weighted by Crippen LogP contribution is -2.38. The highest BCUT2D eigenvalue weighted by Gasteiger charge is 2.18. The van der Waals surface area contributed by atoms with Gasteiger partial charge >= 0.3 is 0 Å². The first-order valence-corrected chi connectivity index (χ1v) is 6.82. The van der Waals surface area contributed by atoms with Gasteiger partial charge in [0.2, 0.25) is 0 Å². The van der Waals surface area contributed by atoms with E-state index in [1.807, 2.05) is 0 Å². The van der Waals surface area contributed by atoms with Gasteiger partial charge in [-0.05, 0) is 38.0 Å². The molecule has 1 rings (SSSR count). The maximum Gasteiger partial charge on any atom is 0.0746 e. The van der Waals surface area contributed by atoms with Gasteiger partial charge in [-0.2, -0.15) is 0 Å². The zero-order valence-corrected chi connectivity index (χ0v) is 12.7. The molecule has 0 heterocycles. The molecule has 96 valence electrons. The Hall–Kier alpha value is -0.380. The Morgan fingerprint density at radius 3 is 2.35 bits per heavy atom. The van der Waals surface area contributed by atoms with Crippen LogP contribution in [0.4, 0.5) is 0 Å². The Balaban J connectivity index is 2.63. The van der Waals surface area contributed by atoms with Crippen LogP contribution < -0.4 is 5.32 Å². The fourth-order valence-electron chi connectivity index (χ4n) is 1.63. The van der Waals surface area contributed by atoms with Crippen LogP contribution in [0.1, 0.15) is 38.8 Å². The van der Waals surface area contributed by atoms with Crippen LogP contribution in [0, 0.1) is 0 Å². The van der Waals surface area contributed by atoms with Crippen molar-refractivity contribution in [1.29, 1.82) is 0 Å². The molecule has 2 nitrogen and oxygen atoms in total. The Labute approximate surface area is 113 Å². The molecule has 1 aromatic rings. The summed E-state index contributed by atoms with van der Waals surface area (Å²) in [5.74, 6) is 0. The van der Waals surface area contributed by atoms with Gasteiger partial charge in [0.1, 0.15) is 0 Å². The molecule has 1 N–H and O–H groups in total. The molecule has 1 atom stereocenters. The molecule has 0 radical (unpaired) electrons. The lowest BCUT2D eigenvalue weighted by molar-refractivity contribution is 0.0209. The molecule has 17 heavy (non-hydrogen) atoms. The number of halogens is 1. The van der Waals surface area contributed by atoms with Gasteiger partial charge in [0.25, 0.3) is 0 Å². The van der Waals surface area contributed by atoms with Crippen LogP contribution in [0.15, 0.2) is 28.7 Å². The molecule has 0 bridgehead atoms. The van der Waals surface area contributed by atoms with E-state index in [-0.39, 0.29) is 5.60 Å². The summed E-state index contributed by atoms with van der Waals surface area (Å²) in [5.41, 5.74) is 1.20. The molecule has 1 unspecified atom stereocenters. The van der Waals surface area contributed by atoms with E-state index in [2.05, 4.69) is 66.3 Å². The summed E-state index contributed by atoms with van der Waals surface area (Å²) in [4.78, 5) is 0. The highest BCUT2D eigenvalue weighted by molar-refractivity contribution is 9.10. The van der Waals surface area contributed by atoms with E-state index in [0.29, 0.717) is 6.04 Å². The maximum atomic E-state index is 5.42. The van der Waals surface area contributed by atoms with Crippen molar-refractivity contribution in [2.24, 2.45) is 0 Å². The standard InChI is InChI=1S/C14H22BrNO/c1-5-13(16-10-14(2,3)17-4)11-6-8-12(15)9-7-11/h6-9,13,16H,5,10H2,1-4H3. The van der Waals surface area contributed by atoms with Crippen molar-refractivity contribution >= 4 is 15.9 Å². The molecule has 1 aromatic carbocycles. The summed E-state index contributed by atoms with van der Waals surface area (Å²) >= 11 is 3.46. The second-order valence-corrected chi connectivity index (χ2v) is 5.77. The van der Waals surface area contributed by atoms with Gasteiger partial charge in [-0.3, -0.25) is 0 Å². The first-order chi connectivity index (χ1) is 7.98. The molecule has 0 aromatic heterocycles. The van der Waals surface area contributed by atoms with Gasteiger partial charge in [-0.25, -0.2) is 0 Å². The Morgan fingerprint density at radius 2 is 1.88 bits per heavy atom. The van der Waals surface area contributed by atoms with Gasteiger partial charge in [0.15, 0.2) is 0 Å². The van der Waals surface area contributed by atoms with E-state index in [1.54, 1.807) is 7.11 Å². The molecule has 0 spiro atoms. The van der Waals surface area contributed by atoms with Crippen LogP contribution in [-0.2, 0) is 4.74 Å². The lowest BCUT2D eigenvalue weighted by Gasteiger charge is -2.27. The molecule has 0 aliphatic rings. The SMILES string of the molecule is CCC(NCC(C)(C)OC)c1ccc(Br)cc1. The fraction of sp³-hybridized carbons (Fsp3) is 0.571. The zero-order valence-electron chi connectivity index (χ0n) is 11.1. The van der Waals surface area contributed by atoms with E-state index in [9.17, 15) is 0 Å². The van der Waals surface area contributed by atoms with Gasteiger partial charge in [-0.1, -0.05) is 35.0 Å². The van der Waals surface area contributed by atoms with Crippen LogP contribution in [0.25, 0.3) is 0 Å². The molecule has 0 aliphatic carbocycles. The number of methoxy groups -OCH3 is 1. The first-order valence-electron chi connectivity index (χ1n) is 6.02. The van der Waals surface area contributed by atoms with Crippen LogP contribution in [0.5, 0.6) is 0 Å². The van der Waals surface area contributed by atoms with Crippen LogP contribution in [0.2, 0.25) is 0 Å². The second kappa shape index (κ2) is 6.53. The predicted molar refractivity (Wildman–Crippen MR) is 76.3 cm³/mol. The number of nitrogens with one attached hydrogen (secondary N) is 1. The zero-order chi connectivity index (χ0) is 12.9. The van der Waals surface area contributed by atoms with Crippen molar-refractivity contribution in [3.8, 4) is 0 Å². The normalized spacial score (nSPS) is 13.7. The molecule has 0 fully saturated rings. The number of hydrogen-bond acceptors (Lipinski definition) is 2. The lowest BCUT2D eigenvalue weighted by atomic mass is 10.0. The van der Waals surface area contributed by atoms with Gasteiger partial charge in [0, 0.05) is 24.2 Å². The number of rotatable bonds is 6. The molecule has 0 saturated heterocycles. The number of ether oxygens (including phenoxy) is 1. The minimum atomic E-state index is -0.122. The highest BCUT2D eigenvalue weighted by atomic mass is 79.9. The topological polar surface area (TPSA) is 21.3 Å². The minimum Gasteiger partial charge on any atom is -0.377 e. The van der Waals surface area contributed by atoms with Gasteiger partial charge in [-0.15, -0.1) is 0 Å². The fourth-order valence-corrected chi connectivity index (χ4v) is 1.90. The Kier molecular flexibility index (Phi) is 5.63. The van der Waals surface area contributed by atoms with Crippen molar-refractivity contribution in [1.82, 2.24) is 5.32 Å². The minimum absolute atomic E-state index is 0.122. The van der Waals surface area contributed by atoms with E-state index < -0.39 is 0 Å². The van der Waals surface area contributed by atoms with Crippen LogP contribution in [-0.4, -0.2) is 19.3 Å². The molecule has 0 saturated carbocycles. The summed E-state index contributed by atoms with van der Waals surface area (Å²) in [6.45, 7) is 7.22. The number of hydrogen-bond donors (Lipinski definition) is 1. The predicted octanol–water partition coefficient (Wildman–Crippen LogP) is 3.91. The second-order valence-electron chi connectivity index (χ2n) is 4.86. The first kappa shape index (κ1) is 14.7. The Bertz CT molecular complexity index is 335. The molecule has 0 aliphatic heterocycles. The quantitative estimate of drug-likeness (QED) is 0.860. The highest BCUT2D eigenvalue weighted by Crippen LogP contribution is 2.20. The molecular formula is C14H22BrNO. The third-order valence-corrected chi connectivity index (χ3v) is 3.54. The van der Waals surface area contributed by atoms with Crippen LogP contribution >= 0.6 is 15.9 Å². The largest absolute Gasteiger partial charge is 0.377 e. The maximum absolute atomic E-state index is 5.42. The number of benzene rings is 1. The Morgan fingerprint density at radius 1 is 1.29 bits per heavy atom. The van der Waals surface area contributed by atoms with Crippen LogP contribution in [0.3, 0.4) is 0 Å². The summed E-state index contributed by atoms with van der Waals surface area (Å²) in [6, 6.07) is 8.87. The van der Waals surface area contributed by atoms with Gasteiger partial charge < -0.3 is 10.1 Å². The molecule has 0 amide bonds. The van der Waals surface area contributed by atoms with Crippen molar-refractivity contribution < 1.29 is 4.74 Å². The monoisotopic (exact) mass is 299 g/mol. The average Bonchev–Trinajstić information content (AvgIpc) is 2.32. The molecular weight excluding hydrogens is 278 g/mol. The third kappa shape index (κ3) is 4.78. The van der Waals surface area contributed by atoms with Gasteiger partial charge in [0.05, 0.1) is 5.60 Å². The summed E-state index contributed by atoms with van der Waals surface area (Å²) in [6.07, 6.45) is 1.07. The average molecular weight is 300 g/mol. The van der Waals surface area contributed by atoms with Crippen molar-refractivity contribution in [2.45, 2.75) is 38.8 Å². The van der Waals surface area contributed by atoms with E-state index in [1.165, 1.54) is 5.56 Å².